The average molecular weight is 342 g/mol. The molecule has 2 N–H and O–H groups in total. The maximum absolute atomic E-state index is 12.1. The molecule has 1 aromatic carbocycles. The normalized spacial score (nSPS) is 18.6. The van der Waals surface area contributed by atoms with Crippen molar-refractivity contribution in [2.75, 3.05) is 11.9 Å². The maximum atomic E-state index is 12.1. The third-order valence-corrected chi connectivity index (χ3v) is 3.79. The van der Waals surface area contributed by atoms with E-state index in [4.69, 9.17) is 9.84 Å². The number of rotatable bonds is 3. The predicted molar refractivity (Wildman–Crippen MR) is 78.1 cm³/mol. The molecular weight excluding hydrogens is 326 g/mol. The van der Waals surface area contributed by atoms with Crippen LogP contribution in [0.3, 0.4) is 0 Å². The fraction of sp³-hybridized carbons (Fsp3) is 0.429. The molecule has 0 bridgehead atoms. The van der Waals surface area contributed by atoms with Gasteiger partial charge in [0.2, 0.25) is 0 Å². The zero-order valence-electron chi connectivity index (χ0n) is 11.1. The molecule has 1 heterocycles. The van der Waals surface area contributed by atoms with Crippen molar-refractivity contribution in [3.63, 3.8) is 0 Å². The summed E-state index contributed by atoms with van der Waals surface area (Å²) < 4.78 is 6.03. The Morgan fingerprint density at radius 3 is 2.75 bits per heavy atom. The first-order valence-corrected chi connectivity index (χ1v) is 7.24. The third-order valence-electron chi connectivity index (χ3n) is 3.33. The van der Waals surface area contributed by atoms with Crippen molar-refractivity contribution >= 4 is 33.5 Å². The fourth-order valence-corrected chi connectivity index (χ4v) is 2.65. The van der Waals surface area contributed by atoms with Crippen LogP contribution in [0.15, 0.2) is 16.6 Å². The van der Waals surface area contributed by atoms with Gasteiger partial charge in [-0.2, -0.15) is 0 Å². The largest absolute Gasteiger partial charge is 0.478 e. The summed E-state index contributed by atoms with van der Waals surface area (Å²) >= 11 is 3.26. The molecule has 0 saturated carbocycles. The first kappa shape index (κ1) is 15.0. The number of halogens is 1. The Hall–Kier alpha value is -1.40. The van der Waals surface area contributed by atoms with E-state index in [0.29, 0.717) is 28.8 Å². The van der Waals surface area contributed by atoms with Crippen LogP contribution in [0.2, 0.25) is 0 Å². The van der Waals surface area contributed by atoms with Gasteiger partial charge in [0.25, 0.3) is 5.91 Å². The highest BCUT2D eigenvalue weighted by molar-refractivity contribution is 9.10. The first-order valence-electron chi connectivity index (χ1n) is 6.45. The smallest absolute Gasteiger partial charge is 0.336 e. The zero-order chi connectivity index (χ0) is 14.7. The minimum absolute atomic E-state index is 0.166. The summed E-state index contributed by atoms with van der Waals surface area (Å²) in [6, 6.07) is 3.22. The lowest BCUT2D eigenvalue weighted by Gasteiger charge is -2.22. The van der Waals surface area contributed by atoms with Gasteiger partial charge in [-0.05, 0) is 43.9 Å². The summed E-state index contributed by atoms with van der Waals surface area (Å²) in [5.74, 6) is -1.24. The van der Waals surface area contributed by atoms with Gasteiger partial charge < -0.3 is 15.2 Å². The molecule has 0 radical (unpaired) electrons. The topological polar surface area (TPSA) is 75.6 Å². The van der Waals surface area contributed by atoms with Gasteiger partial charge in [-0.3, -0.25) is 4.79 Å². The predicted octanol–water partition coefficient (Wildman–Crippen LogP) is 2.96. The molecule has 5 nitrogen and oxygen atoms in total. The summed E-state index contributed by atoms with van der Waals surface area (Å²) in [6.45, 7) is 2.27. The van der Waals surface area contributed by atoms with E-state index in [2.05, 4.69) is 21.2 Å². The van der Waals surface area contributed by atoms with Crippen LogP contribution < -0.4 is 5.32 Å². The molecule has 1 atom stereocenters. The number of benzene rings is 1. The number of ether oxygens (including phenoxy) is 1. The van der Waals surface area contributed by atoms with Crippen LogP contribution in [0.1, 0.15) is 35.2 Å². The Balaban J connectivity index is 2.20. The monoisotopic (exact) mass is 341 g/mol. The van der Waals surface area contributed by atoms with Crippen LogP contribution in [0.5, 0.6) is 0 Å². The Bertz CT molecular complexity index is 538. The van der Waals surface area contributed by atoms with E-state index < -0.39 is 12.1 Å². The SMILES string of the molecule is Cc1c(NC(=O)[C@H]2CCCCO2)cc(Br)cc1C(=O)O. The van der Waals surface area contributed by atoms with Gasteiger partial charge in [-0.25, -0.2) is 4.79 Å². The molecule has 1 fully saturated rings. The van der Waals surface area contributed by atoms with Gasteiger partial charge in [-0.15, -0.1) is 0 Å². The molecule has 0 spiro atoms. The molecule has 1 amide bonds. The number of nitrogens with one attached hydrogen (secondary N) is 1. The summed E-state index contributed by atoms with van der Waals surface area (Å²) in [5, 5.41) is 11.9. The second-order valence-corrected chi connectivity index (χ2v) is 5.69. The number of carbonyl (C=O) groups excluding carboxylic acids is 1. The first-order chi connectivity index (χ1) is 9.49. The second-order valence-electron chi connectivity index (χ2n) is 4.78. The van der Waals surface area contributed by atoms with Crippen molar-refractivity contribution in [1.29, 1.82) is 0 Å². The number of carboxylic acid groups (broad SMARTS) is 1. The molecule has 20 heavy (non-hydrogen) atoms. The fourth-order valence-electron chi connectivity index (χ4n) is 2.19. The van der Waals surface area contributed by atoms with Crippen LogP contribution in [-0.2, 0) is 9.53 Å². The average Bonchev–Trinajstić information content (AvgIpc) is 2.43. The molecule has 6 heteroatoms. The van der Waals surface area contributed by atoms with E-state index in [-0.39, 0.29) is 11.5 Å². The van der Waals surface area contributed by atoms with Crippen molar-refractivity contribution < 1.29 is 19.4 Å². The standard InChI is InChI=1S/C14H16BrNO4/c1-8-10(14(18)19)6-9(15)7-11(8)16-13(17)12-4-2-3-5-20-12/h6-7,12H,2-5H2,1H3,(H,16,17)(H,18,19)/t12-/m1/s1. The van der Waals surface area contributed by atoms with E-state index in [0.717, 1.165) is 12.8 Å². The number of hydrogen-bond acceptors (Lipinski definition) is 3. The number of anilines is 1. The molecule has 1 saturated heterocycles. The Kier molecular flexibility index (Phi) is 4.77. The van der Waals surface area contributed by atoms with Crippen LogP contribution in [-0.4, -0.2) is 29.7 Å². The molecule has 0 aliphatic carbocycles. The lowest BCUT2D eigenvalue weighted by Crippen LogP contribution is -2.33. The van der Waals surface area contributed by atoms with Crippen molar-refractivity contribution in [3.8, 4) is 0 Å². The summed E-state index contributed by atoms with van der Waals surface area (Å²) in [6.07, 6.45) is 2.19. The molecule has 1 aliphatic rings. The van der Waals surface area contributed by atoms with Gasteiger partial charge in [0.15, 0.2) is 0 Å². The van der Waals surface area contributed by atoms with Crippen molar-refractivity contribution in [1.82, 2.24) is 0 Å². The lowest BCUT2D eigenvalue weighted by atomic mass is 10.1. The Morgan fingerprint density at radius 1 is 1.40 bits per heavy atom. The molecule has 0 aromatic heterocycles. The second kappa shape index (κ2) is 6.37. The number of hydrogen-bond donors (Lipinski definition) is 2. The Labute approximate surface area is 125 Å². The number of carboxylic acids is 1. The minimum Gasteiger partial charge on any atom is -0.478 e. The molecule has 0 unspecified atom stereocenters. The van der Waals surface area contributed by atoms with E-state index in [1.165, 1.54) is 6.07 Å². The van der Waals surface area contributed by atoms with Crippen molar-refractivity contribution in [3.05, 3.63) is 27.7 Å². The van der Waals surface area contributed by atoms with E-state index in [9.17, 15) is 9.59 Å². The van der Waals surface area contributed by atoms with E-state index in [1.54, 1.807) is 13.0 Å². The molecule has 2 rings (SSSR count). The van der Waals surface area contributed by atoms with Crippen LogP contribution in [0.25, 0.3) is 0 Å². The van der Waals surface area contributed by atoms with Crippen LogP contribution in [0, 0.1) is 6.92 Å². The number of carbonyl (C=O) groups is 2. The quantitative estimate of drug-likeness (QED) is 0.886. The highest BCUT2D eigenvalue weighted by atomic mass is 79.9. The Morgan fingerprint density at radius 2 is 2.15 bits per heavy atom. The highest BCUT2D eigenvalue weighted by Gasteiger charge is 2.23. The minimum atomic E-state index is -1.02. The van der Waals surface area contributed by atoms with Gasteiger partial charge in [-0.1, -0.05) is 15.9 Å². The number of amides is 1. The van der Waals surface area contributed by atoms with Gasteiger partial charge >= 0.3 is 5.97 Å². The summed E-state index contributed by atoms with van der Waals surface area (Å²) in [5.41, 5.74) is 1.19. The maximum Gasteiger partial charge on any atom is 0.336 e. The lowest BCUT2D eigenvalue weighted by molar-refractivity contribution is -0.129. The molecular formula is C14H16BrNO4. The summed E-state index contributed by atoms with van der Waals surface area (Å²) in [7, 11) is 0. The van der Waals surface area contributed by atoms with E-state index in [1.807, 2.05) is 0 Å². The van der Waals surface area contributed by atoms with Crippen LogP contribution in [0.4, 0.5) is 5.69 Å². The molecule has 1 aliphatic heterocycles. The summed E-state index contributed by atoms with van der Waals surface area (Å²) in [4.78, 5) is 23.3. The van der Waals surface area contributed by atoms with Gasteiger partial charge in [0.1, 0.15) is 6.10 Å². The highest BCUT2D eigenvalue weighted by Crippen LogP contribution is 2.26. The van der Waals surface area contributed by atoms with Crippen molar-refractivity contribution in [2.45, 2.75) is 32.3 Å². The van der Waals surface area contributed by atoms with E-state index >= 15 is 0 Å². The zero-order valence-corrected chi connectivity index (χ0v) is 12.7. The van der Waals surface area contributed by atoms with Crippen molar-refractivity contribution in [2.24, 2.45) is 0 Å². The molecule has 1 aromatic rings. The van der Waals surface area contributed by atoms with Crippen LogP contribution >= 0.6 is 15.9 Å². The van der Waals surface area contributed by atoms with Gasteiger partial charge in [0.05, 0.1) is 5.56 Å². The number of aromatic carboxylic acids is 1. The van der Waals surface area contributed by atoms with Gasteiger partial charge in [0, 0.05) is 16.8 Å². The molecule has 108 valence electrons. The third kappa shape index (κ3) is 3.37.